The molecule has 8 heteroatoms. The number of benzene rings is 1. The molecule has 0 unspecified atom stereocenters. The van der Waals surface area contributed by atoms with Crippen molar-refractivity contribution in [1.82, 2.24) is 19.7 Å². The highest BCUT2D eigenvalue weighted by Crippen LogP contribution is 2.24. The van der Waals surface area contributed by atoms with E-state index < -0.39 is 5.91 Å². The minimum atomic E-state index is -0.411. The number of aromatic amines is 1. The molecule has 1 amide bonds. The number of carbonyl (C=O) groups excluding carboxylic acids is 1. The molecule has 0 aliphatic rings. The number of fused-ring (bicyclic) bond motifs is 1. The van der Waals surface area contributed by atoms with E-state index >= 15 is 0 Å². The number of nitriles is 1. The van der Waals surface area contributed by atoms with Gasteiger partial charge in [-0.25, -0.2) is 4.98 Å². The largest absolute Gasteiger partial charge is 0.349 e. The molecular weight excluding hydrogens is 352 g/mol. The van der Waals surface area contributed by atoms with E-state index in [0.29, 0.717) is 22.1 Å². The topological polar surface area (TPSA) is 99.4 Å². The summed E-state index contributed by atoms with van der Waals surface area (Å²) in [5, 5.41) is 17.5. The van der Waals surface area contributed by atoms with Crippen LogP contribution >= 0.6 is 11.6 Å². The lowest BCUT2D eigenvalue weighted by Crippen LogP contribution is -2.16. The second-order valence-corrected chi connectivity index (χ2v) is 5.87. The SMILES string of the molecule is N#Cc1cnn(-c2ccccn2)c1NC(=O)c1cc2cccc(Cl)c2[nH]1. The summed E-state index contributed by atoms with van der Waals surface area (Å²) in [5.41, 5.74) is 1.24. The predicted octanol–water partition coefficient (Wildman–Crippen LogP) is 3.53. The number of nitrogens with one attached hydrogen (secondary N) is 2. The lowest BCUT2D eigenvalue weighted by atomic mass is 10.2. The van der Waals surface area contributed by atoms with E-state index in [1.54, 1.807) is 36.5 Å². The summed E-state index contributed by atoms with van der Waals surface area (Å²) in [6.07, 6.45) is 2.99. The zero-order valence-corrected chi connectivity index (χ0v) is 14.0. The molecular formula is C18H11ClN6O. The van der Waals surface area contributed by atoms with Gasteiger partial charge in [-0.05, 0) is 24.3 Å². The number of aromatic nitrogens is 4. The standard InChI is InChI=1S/C18H11ClN6O/c19-13-5-3-4-11-8-14(23-16(11)13)18(26)24-17-12(9-20)10-22-25(17)15-6-1-2-7-21-15/h1-8,10,23H,(H,24,26). The van der Waals surface area contributed by atoms with E-state index in [0.717, 1.165) is 5.39 Å². The third-order valence-corrected chi connectivity index (χ3v) is 4.15. The number of hydrogen-bond acceptors (Lipinski definition) is 4. The first kappa shape index (κ1) is 15.9. The zero-order valence-electron chi connectivity index (χ0n) is 13.3. The third-order valence-electron chi connectivity index (χ3n) is 3.84. The summed E-state index contributed by atoms with van der Waals surface area (Å²) in [6.45, 7) is 0. The summed E-state index contributed by atoms with van der Waals surface area (Å²) < 4.78 is 1.41. The number of rotatable bonds is 3. The minimum absolute atomic E-state index is 0.234. The molecule has 0 aliphatic carbocycles. The Hall–Kier alpha value is -3.63. The molecule has 0 fully saturated rings. The summed E-state index contributed by atoms with van der Waals surface area (Å²) >= 11 is 6.14. The molecule has 0 saturated heterocycles. The Balaban J connectivity index is 1.72. The second kappa shape index (κ2) is 6.35. The molecule has 0 bridgehead atoms. The number of nitrogens with zero attached hydrogens (tertiary/aromatic N) is 4. The first-order chi connectivity index (χ1) is 12.7. The van der Waals surface area contributed by atoms with E-state index in [9.17, 15) is 10.1 Å². The molecule has 0 aliphatic heterocycles. The average Bonchev–Trinajstić information content (AvgIpc) is 3.27. The highest BCUT2D eigenvalue weighted by Gasteiger charge is 2.18. The van der Waals surface area contributed by atoms with Crippen molar-refractivity contribution in [2.75, 3.05) is 5.32 Å². The van der Waals surface area contributed by atoms with Crippen molar-refractivity contribution in [3.05, 3.63) is 71.1 Å². The predicted molar refractivity (Wildman–Crippen MR) is 97.3 cm³/mol. The summed E-state index contributed by atoms with van der Waals surface area (Å²) in [4.78, 5) is 19.9. The van der Waals surface area contributed by atoms with E-state index in [1.165, 1.54) is 10.9 Å². The number of amides is 1. The maximum absolute atomic E-state index is 12.7. The van der Waals surface area contributed by atoms with Crippen LogP contribution in [0.25, 0.3) is 16.7 Å². The van der Waals surface area contributed by atoms with Crippen molar-refractivity contribution < 1.29 is 4.79 Å². The molecule has 3 aromatic heterocycles. The highest BCUT2D eigenvalue weighted by atomic mass is 35.5. The molecule has 1 aromatic carbocycles. The molecule has 0 atom stereocenters. The van der Waals surface area contributed by atoms with Crippen molar-refractivity contribution in [1.29, 1.82) is 5.26 Å². The van der Waals surface area contributed by atoms with Gasteiger partial charge in [-0.1, -0.05) is 29.8 Å². The quantitative estimate of drug-likeness (QED) is 0.582. The molecule has 4 aromatic rings. The van der Waals surface area contributed by atoms with Crippen molar-refractivity contribution in [3.8, 4) is 11.9 Å². The van der Waals surface area contributed by atoms with Gasteiger partial charge in [0.25, 0.3) is 5.91 Å². The third kappa shape index (κ3) is 2.68. The fourth-order valence-electron chi connectivity index (χ4n) is 2.62. The Morgan fingerprint density at radius 2 is 2.15 bits per heavy atom. The second-order valence-electron chi connectivity index (χ2n) is 5.46. The molecule has 4 rings (SSSR count). The van der Waals surface area contributed by atoms with Crippen LogP contribution in [0.3, 0.4) is 0 Å². The Morgan fingerprint density at radius 3 is 2.88 bits per heavy atom. The van der Waals surface area contributed by atoms with Crippen LogP contribution in [0.2, 0.25) is 5.02 Å². The number of halogens is 1. The van der Waals surface area contributed by atoms with Crippen molar-refractivity contribution in [3.63, 3.8) is 0 Å². The van der Waals surface area contributed by atoms with E-state index in [2.05, 4.69) is 20.4 Å². The molecule has 0 saturated carbocycles. The van der Waals surface area contributed by atoms with E-state index in [1.807, 2.05) is 18.2 Å². The Labute approximate surface area is 152 Å². The van der Waals surface area contributed by atoms with Gasteiger partial charge in [0.2, 0.25) is 0 Å². The molecule has 126 valence electrons. The first-order valence-electron chi connectivity index (χ1n) is 7.65. The monoisotopic (exact) mass is 362 g/mol. The van der Waals surface area contributed by atoms with Crippen molar-refractivity contribution >= 4 is 34.2 Å². The van der Waals surface area contributed by atoms with Gasteiger partial charge >= 0.3 is 0 Å². The van der Waals surface area contributed by atoms with Crippen LogP contribution in [0, 0.1) is 11.3 Å². The number of H-pyrrole nitrogens is 1. The minimum Gasteiger partial charge on any atom is -0.349 e. The van der Waals surface area contributed by atoms with Crippen LogP contribution < -0.4 is 5.32 Å². The lowest BCUT2D eigenvalue weighted by molar-refractivity contribution is 0.102. The van der Waals surface area contributed by atoms with Gasteiger partial charge in [0.05, 0.1) is 16.7 Å². The number of hydrogen-bond donors (Lipinski definition) is 2. The lowest BCUT2D eigenvalue weighted by Gasteiger charge is -2.08. The van der Waals surface area contributed by atoms with Crippen LogP contribution in [0.15, 0.2) is 54.9 Å². The number of para-hydroxylation sites is 1. The van der Waals surface area contributed by atoms with Crippen LogP contribution in [0.5, 0.6) is 0 Å². The fourth-order valence-corrected chi connectivity index (χ4v) is 2.85. The van der Waals surface area contributed by atoms with Crippen molar-refractivity contribution in [2.45, 2.75) is 0 Å². The van der Waals surface area contributed by atoms with Gasteiger partial charge in [-0.15, -0.1) is 0 Å². The Kier molecular flexibility index (Phi) is 3.88. The van der Waals surface area contributed by atoms with Crippen LogP contribution in [-0.4, -0.2) is 25.7 Å². The van der Waals surface area contributed by atoms with E-state index in [4.69, 9.17) is 11.6 Å². The molecule has 7 nitrogen and oxygen atoms in total. The number of carbonyl (C=O) groups is 1. The van der Waals surface area contributed by atoms with Crippen LogP contribution in [0.1, 0.15) is 16.1 Å². The molecule has 26 heavy (non-hydrogen) atoms. The molecule has 3 heterocycles. The van der Waals surface area contributed by atoms with Gasteiger partial charge in [0.1, 0.15) is 17.3 Å². The summed E-state index contributed by atoms with van der Waals surface area (Å²) in [6, 6.07) is 14.4. The van der Waals surface area contributed by atoms with Crippen LogP contribution in [-0.2, 0) is 0 Å². The normalized spacial score (nSPS) is 10.6. The van der Waals surface area contributed by atoms with Crippen molar-refractivity contribution in [2.24, 2.45) is 0 Å². The Morgan fingerprint density at radius 1 is 1.27 bits per heavy atom. The number of pyridine rings is 1. The van der Waals surface area contributed by atoms with Gasteiger partial charge in [-0.3, -0.25) is 4.79 Å². The first-order valence-corrected chi connectivity index (χ1v) is 8.03. The molecule has 0 radical (unpaired) electrons. The van der Waals surface area contributed by atoms with Gasteiger partial charge in [0.15, 0.2) is 11.6 Å². The maximum atomic E-state index is 12.7. The maximum Gasteiger partial charge on any atom is 0.273 e. The van der Waals surface area contributed by atoms with Gasteiger partial charge in [0, 0.05) is 11.6 Å². The smallest absolute Gasteiger partial charge is 0.273 e. The average molecular weight is 363 g/mol. The van der Waals surface area contributed by atoms with E-state index in [-0.39, 0.29) is 11.4 Å². The fraction of sp³-hybridized carbons (Fsp3) is 0. The number of anilines is 1. The summed E-state index contributed by atoms with van der Waals surface area (Å²) in [7, 11) is 0. The van der Waals surface area contributed by atoms with Gasteiger partial charge < -0.3 is 10.3 Å². The highest BCUT2D eigenvalue weighted by molar-refractivity contribution is 6.35. The zero-order chi connectivity index (χ0) is 18.1. The van der Waals surface area contributed by atoms with Crippen LogP contribution in [0.4, 0.5) is 5.82 Å². The Bertz CT molecular complexity index is 1160. The summed E-state index contributed by atoms with van der Waals surface area (Å²) in [5.74, 6) is 0.330. The molecule has 2 N–H and O–H groups in total. The van der Waals surface area contributed by atoms with Gasteiger partial charge in [-0.2, -0.15) is 15.0 Å². The molecule has 0 spiro atoms.